The van der Waals surface area contributed by atoms with E-state index in [4.69, 9.17) is 0 Å². The van der Waals surface area contributed by atoms with Crippen molar-refractivity contribution in [2.45, 2.75) is 77.8 Å². The smallest absolute Gasteiger partial charge is 0.222 e. The summed E-state index contributed by atoms with van der Waals surface area (Å²) in [6, 6.07) is 19.7. The van der Waals surface area contributed by atoms with Gasteiger partial charge in [0.15, 0.2) is 0 Å². The van der Waals surface area contributed by atoms with Gasteiger partial charge in [-0.25, -0.2) is 0 Å². The largest absolute Gasteiger partial charge is 0.299 e. The summed E-state index contributed by atoms with van der Waals surface area (Å²) in [5.74, 6) is -0.817. The molecule has 4 amide bonds. The molecule has 6 bridgehead atoms. The highest BCUT2D eigenvalue weighted by Crippen LogP contribution is 2.52. The molecular weight excluding hydrogens is 484 g/mol. The number of piperazine rings is 3. The molecule has 5 fully saturated rings. The lowest BCUT2D eigenvalue weighted by Gasteiger charge is -2.78. The fraction of sp³-hybridized carbons (Fsp3) is 0.429. The Morgan fingerprint density at radius 3 is 0.974 bits per heavy atom. The molecule has 38 heavy (non-hydrogen) atoms. The van der Waals surface area contributed by atoms with Crippen LogP contribution >= 0.6 is 0 Å². The highest BCUT2D eigenvalue weighted by molar-refractivity contribution is 5.83. The summed E-state index contributed by atoms with van der Waals surface area (Å²) in [7, 11) is 0. The second kappa shape index (κ2) is 8.92. The van der Waals surface area contributed by atoms with Crippen LogP contribution in [0.15, 0.2) is 60.7 Å². The van der Waals surface area contributed by atoms with Gasteiger partial charge >= 0.3 is 0 Å². The van der Waals surface area contributed by atoms with E-state index in [2.05, 4.69) is 9.80 Å². The summed E-state index contributed by atoms with van der Waals surface area (Å²) >= 11 is 0. The third-order valence-corrected chi connectivity index (χ3v) is 8.31. The molecule has 5 saturated heterocycles. The first-order chi connectivity index (χ1) is 18.2. The highest BCUT2D eigenvalue weighted by atomic mass is 16.2. The maximum absolute atomic E-state index is 13.4. The Morgan fingerprint density at radius 2 is 0.737 bits per heavy atom. The Morgan fingerprint density at radius 1 is 0.474 bits per heavy atom. The third kappa shape index (κ3) is 3.40. The van der Waals surface area contributed by atoms with Gasteiger partial charge in [0.25, 0.3) is 0 Å². The summed E-state index contributed by atoms with van der Waals surface area (Å²) < 4.78 is 0. The number of carbonyl (C=O) groups is 4. The zero-order valence-electron chi connectivity index (χ0n) is 22.0. The van der Waals surface area contributed by atoms with Crippen molar-refractivity contribution >= 4 is 23.6 Å². The molecule has 2 aromatic rings. The lowest BCUT2D eigenvalue weighted by Crippen LogP contribution is -2.99. The van der Waals surface area contributed by atoms with Crippen LogP contribution in [-0.4, -0.2) is 90.0 Å². The monoisotopic (exact) mass is 516 g/mol. The lowest BCUT2D eigenvalue weighted by atomic mass is 9.87. The van der Waals surface area contributed by atoms with E-state index in [0.717, 1.165) is 11.1 Å². The SMILES string of the molecule is CC(=O)N1C2C3N(C(C)=O)[C@H]4[C@@H](N2C(C)=O)N(Cc2ccccc2)[C@@H]1[C@@H](N3C(C)=O)N4Cc1ccccc1. The summed E-state index contributed by atoms with van der Waals surface area (Å²) in [4.78, 5) is 64.6. The number of benzene rings is 2. The van der Waals surface area contributed by atoms with Crippen LogP contribution in [-0.2, 0) is 32.3 Å². The van der Waals surface area contributed by atoms with Gasteiger partial charge in [0.05, 0.1) is 0 Å². The molecule has 2 aromatic carbocycles. The summed E-state index contributed by atoms with van der Waals surface area (Å²) in [6.07, 6.45) is -3.49. The van der Waals surface area contributed by atoms with Gasteiger partial charge < -0.3 is 0 Å². The summed E-state index contributed by atoms with van der Waals surface area (Å²) in [6.45, 7) is 6.89. The Hall–Kier alpha value is -3.76. The maximum Gasteiger partial charge on any atom is 0.222 e. The Bertz CT molecular complexity index is 1130. The number of hydrogen-bond donors (Lipinski definition) is 0. The molecule has 0 aliphatic carbocycles. The topological polar surface area (TPSA) is 87.7 Å². The van der Waals surface area contributed by atoms with Gasteiger partial charge in [-0.15, -0.1) is 0 Å². The predicted molar refractivity (Wildman–Crippen MR) is 137 cm³/mol. The number of carbonyl (C=O) groups excluding carboxylic acids is 4. The van der Waals surface area contributed by atoms with Crippen molar-refractivity contribution in [1.29, 1.82) is 0 Å². The van der Waals surface area contributed by atoms with Crippen molar-refractivity contribution in [3.05, 3.63) is 71.8 Å². The first-order valence-corrected chi connectivity index (χ1v) is 13.0. The molecule has 198 valence electrons. The van der Waals surface area contributed by atoms with Crippen LogP contribution in [0.3, 0.4) is 0 Å². The highest BCUT2D eigenvalue weighted by Gasteiger charge is 2.74. The minimum atomic E-state index is -0.758. The predicted octanol–water partition coefficient (Wildman–Crippen LogP) is 1.40. The molecule has 7 rings (SSSR count). The van der Waals surface area contributed by atoms with Crippen LogP contribution in [0.4, 0.5) is 0 Å². The average molecular weight is 517 g/mol. The number of nitrogens with zero attached hydrogens (tertiary/aromatic N) is 6. The molecular formula is C28H32N6O4. The van der Waals surface area contributed by atoms with Crippen molar-refractivity contribution in [2.24, 2.45) is 0 Å². The van der Waals surface area contributed by atoms with Crippen LogP contribution < -0.4 is 0 Å². The van der Waals surface area contributed by atoms with Gasteiger partial charge in [0.2, 0.25) is 23.6 Å². The van der Waals surface area contributed by atoms with Gasteiger partial charge in [0.1, 0.15) is 37.0 Å². The normalized spacial score (nSPS) is 29.8. The lowest BCUT2D eigenvalue weighted by molar-refractivity contribution is -0.372. The Kier molecular flexibility index (Phi) is 5.77. The van der Waals surface area contributed by atoms with E-state index in [1.165, 1.54) is 27.7 Å². The first kappa shape index (κ1) is 24.6. The fourth-order valence-electron chi connectivity index (χ4n) is 7.13. The van der Waals surface area contributed by atoms with E-state index < -0.39 is 37.0 Å². The van der Waals surface area contributed by atoms with Crippen molar-refractivity contribution in [1.82, 2.24) is 29.4 Å². The number of hydrogen-bond acceptors (Lipinski definition) is 6. The van der Waals surface area contributed by atoms with Crippen molar-refractivity contribution in [3.8, 4) is 0 Å². The molecule has 6 atom stereocenters. The summed E-state index contributed by atoms with van der Waals surface area (Å²) in [5, 5.41) is 0. The standard InChI is InChI=1S/C28H32N6O4/c1-17(35)31-23-24-30(16-22-13-9-6-10-14-22)26-25(29(23)15-21-11-7-5-8-12-21)32(18(2)36)27(31)28(33(24)19(3)37)34(26)20(4)38/h5-14,23-28H,15-16H2,1-4H3/t23-,24+,25+,26-,27?,28?. The molecule has 10 nitrogen and oxygen atoms in total. The van der Waals surface area contributed by atoms with E-state index >= 15 is 0 Å². The van der Waals surface area contributed by atoms with Crippen LogP contribution in [0.5, 0.6) is 0 Å². The van der Waals surface area contributed by atoms with Crippen LogP contribution in [0.25, 0.3) is 0 Å². The van der Waals surface area contributed by atoms with Gasteiger partial charge in [-0.3, -0.25) is 48.6 Å². The molecule has 0 radical (unpaired) electrons. The van der Waals surface area contributed by atoms with Crippen LogP contribution in [0.2, 0.25) is 0 Å². The van der Waals surface area contributed by atoms with Gasteiger partial charge in [0, 0.05) is 40.8 Å². The number of rotatable bonds is 4. The quantitative estimate of drug-likeness (QED) is 0.611. The van der Waals surface area contributed by atoms with Crippen molar-refractivity contribution < 1.29 is 19.2 Å². The van der Waals surface area contributed by atoms with Gasteiger partial charge in [-0.2, -0.15) is 0 Å². The van der Waals surface area contributed by atoms with Crippen molar-refractivity contribution in [3.63, 3.8) is 0 Å². The molecule has 2 unspecified atom stereocenters. The zero-order chi connectivity index (χ0) is 26.9. The second-order valence-electron chi connectivity index (χ2n) is 10.5. The summed E-state index contributed by atoms with van der Waals surface area (Å²) in [5.41, 5.74) is 2.03. The molecule has 0 saturated carbocycles. The van der Waals surface area contributed by atoms with E-state index in [1.54, 1.807) is 19.6 Å². The molecule has 10 heteroatoms. The zero-order valence-corrected chi connectivity index (χ0v) is 22.0. The van der Waals surface area contributed by atoms with Gasteiger partial charge in [-0.1, -0.05) is 60.7 Å². The molecule has 0 aromatic heterocycles. The maximum atomic E-state index is 13.4. The fourth-order valence-corrected chi connectivity index (χ4v) is 7.13. The minimum Gasteiger partial charge on any atom is -0.299 e. The molecule has 5 heterocycles. The average Bonchev–Trinajstić information content (AvgIpc) is 2.87. The molecule has 0 spiro atoms. The van der Waals surface area contributed by atoms with Crippen LogP contribution in [0, 0.1) is 0 Å². The van der Waals surface area contributed by atoms with Crippen LogP contribution in [0.1, 0.15) is 38.8 Å². The second-order valence-corrected chi connectivity index (χ2v) is 10.5. The Labute approximate surface area is 222 Å². The van der Waals surface area contributed by atoms with Gasteiger partial charge in [-0.05, 0) is 11.1 Å². The molecule has 5 aliphatic rings. The number of amides is 4. The van der Waals surface area contributed by atoms with E-state index in [-0.39, 0.29) is 23.6 Å². The minimum absolute atomic E-state index is 0.204. The first-order valence-electron chi connectivity index (χ1n) is 13.0. The van der Waals surface area contributed by atoms with E-state index in [0.29, 0.717) is 13.1 Å². The molecule has 5 aliphatic heterocycles. The van der Waals surface area contributed by atoms with E-state index in [9.17, 15) is 19.2 Å². The van der Waals surface area contributed by atoms with Crippen molar-refractivity contribution in [2.75, 3.05) is 0 Å². The van der Waals surface area contributed by atoms with E-state index in [1.807, 2.05) is 60.7 Å². The Balaban J connectivity index is 1.60. The third-order valence-electron chi connectivity index (χ3n) is 8.31. The molecule has 0 N–H and O–H groups in total.